The first-order chi connectivity index (χ1) is 11.3. The monoisotopic (exact) mass is 315 g/mol. The lowest BCUT2D eigenvalue weighted by molar-refractivity contribution is 0.209. The number of piperidine rings is 1. The number of likely N-dealkylation sites (tertiary alicyclic amines) is 1. The van der Waals surface area contributed by atoms with Crippen molar-refractivity contribution in [3.8, 4) is 5.88 Å². The molecule has 0 saturated carbocycles. The zero-order valence-electron chi connectivity index (χ0n) is 14.5. The summed E-state index contributed by atoms with van der Waals surface area (Å²) in [5.74, 6) is 1.36. The van der Waals surface area contributed by atoms with E-state index in [1.165, 1.54) is 57.3 Å². The highest BCUT2D eigenvalue weighted by Crippen LogP contribution is 2.33. The van der Waals surface area contributed by atoms with Gasteiger partial charge in [0.15, 0.2) is 0 Å². The van der Waals surface area contributed by atoms with Gasteiger partial charge in [0, 0.05) is 12.3 Å². The molecule has 0 aliphatic carbocycles. The van der Waals surface area contributed by atoms with E-state index in [0.717, 1.165) is 16.9 Å². The van der Waals surface area contributed by atoms with Gasteiger partial charge in [0.2, 0.25) is 5.88 Å². The number of H-pyrrole nitrogens is 1. The molecule has 3 heterocycles. The van der Waals surface area contributed by atoms with E-state index >= 15 is 0 Å². The molecule has 126 valence electrons. The van der Waals surface area contributed by atoms with Crippen molar-refractivity contribution >= 4 is 11.0 Å². The highest BCUT2D eigenvalue weighted by atomic mass is 16.5. The normalized spacial score (nSPS) is 17.0. The van der Waals surface area contributed by atoms with Crippen LogP contribution < -0.4 is 4.74 Å². The van der Waals surface area contributed by atoms with Gasteiger partial charge >= 0.3 is 0 Å². The average Bonchev–Trinajstić information content (AvgIpc) is 2.99. The van der Waals surface area contributed by atoms with Gasteiger partial charge in [-0.25, -0.2) is 4.98 Å². The molecule has 1 saturated heterocycles. The maximum Gasteiger partial charge on any atom is 0.213 e. The van der Waals surface area contributed by atoms with Crippen LogP contribution >= 0.6 is 0 Å². The molecule has 0 radical (unpaired) electrons. The fraction of sp³-hybridized carbons (Fsp3) is 0.632. The SMILES string of the molecule is CCCCCN1CCC(c2c[nH]c3ccc(OCC)nc23)CC1. The number of ether oxygens (including phenoxy) is 1. The van der Waals surface area contributed by atoms with Gasteiger partial charge in [-0.2, -0.15) is 0 Å². The van der Waals surface area contributed by atoms with Crippen molar-refractivity contribution < 1.29 is 4.74 Å². The summed E-state index contributed by atoms with van der Waals surface area (Å²) in [5, 5.41) is 0. The van der Waals surface area contributed by atoms with E-state index in [1.54, 1.807) is 0 Å². The first kappa shape index (κ1) is 16.3. The summed E-state index contributed by atoms with van der Waals surface area (Å²) in [5.41, 5.74) is 3.59. The lowest BCUT2D eigenvalue weighted by Crippen LogP contribution is -2.33. The van der Waals surface area contributed by atoms with Crippen molar-refractivity contribution in [2.75, 3.05) is 26.2 Å². The number of pyridine rings is 1. The molecule has 1 aliphatic rings. The van der Waals surface area contributed by atoms with E-state index in [4.69, 9.17) is 9.72 Å². The van der Waals surface area contributed by atoms with Crippen LogP contribution in [0.3, 0.4) is 0 Å². The zero-order valence-corrected chi connectivity index (χ0v) is 14.5. The minimum absolute atomic E-state index is 0.621. The second kappa shape index (κ2) is 7.82. The van der Waals surface area contributed by atoms with Gasteiger partial charge in [-0.1, -0.05) is 19.8 Å². The molecule has 0 spiro atoms. The molecular weight excluding hydrogens is 286 g/mol. The third-order valence-corrected chi connectivity index (χ3v) is 4.92. The number of hydrogen-bond donors (Lipinski definition) is 1. The lowest BCUT2D eigenvalue weighted by Gasteiger charge is -2.31. The lowest BCUT2D eigenvalue weighted by atomic mass is 9.90. The first-order valence-electron chi connectivity index (χ1n) is 9.15. The van der Waals surface area contributed by atoms with E-state index in [-0.39, 0.29) is 0 Å². The minimum atomic E-state index is 0.621. The number of nitrogens with zero attached hydrogens (tertiary/aromatic N) is 2. The Morgan fingerprint density at radius 1 is 1.22 bits per heavy atom. The number of aromatic amines is 1. The van der Waals surface area contributed by atoms with Gasteiger partial charge in [-0.05, 0) is 63.4 Å². The maximum absolute atomic E-state index is 5.56. The summed E-state index contributed by atoms with van der Waals surface area (Å²) in [4.78, 5) is 10.7. The molecule has 4 heteroatoms. The molecule has 23 heavy (non-hydrogen) atoms. The zero-order chi connectivity index (χ0) is 16.1. The first-order valence-corrected chi connectivity index (χ1v) is 9.15. The summed E-state index contributed by atoms with van der Waals surface area (Å²) < 4.78 is 5.56. The Kier molecular flexibility index (Phi) is 5.55. The molecule has 1 N–H and O–H groups in total. The van der Waals surface area contributed by atoms with Crippen molar-refractivity contribution in [2.45, 2.75) is 51.9 Å². The molecule has 4 nitrogen and oxygen atoms in total. The standard InChI is InChI=1S/C19H29N3O/c1-3-5-6-11-22-12-9-15(10-13-22)16-14-20-17-7-8-18(23-4-2)21-19(16)17/h7-8,14-15,20H,3-6,9-13H2,1-2H3. The number of rotatable bonds is 7. The molecule has 0 bridgehead atoms. The van der Waals surface area contributed by atoms with Crippen molar-refractivity contribution in [1.29, 1.82) is 0 Å². The number of aromatic nitrogens is 2. The van der Waals surface area contributed by atoms with Gasteiger partial charge in [-0.15, -0.1) is 0 Å². The number of fused-ring (bicyclic) bond motifs is 1. The van der Waals surface area contributed by atoms with Crippen LogP contribution in [0.1, 0.15) is 57.4 Å². The summed E-state index contributed by atoms with van der Waals surface area (Å²) in [6, 6.07) is 4.03. The fourth-order valence-electron chi connectivity index (χ4n) is 3.59. The van der Waals surface area contributed by atoms with E-state index in [2.05, 4.69) is 29.1 Å². The van der Waals surface area contributed by atoms with Crippen molar-refractivity contribution in [1.82, 2.24) is 14.9 Å². The van der Waals surface area contributed by atoms with Crippen LogP contribution in [0.15, 0.2) is 18.3 Å². The molecule has 1 fully saturated rings. The van der Waals surface area contributed by atoms with Crippen LogP contribution in [0.25, 0.3) is 11.0 Å². The van der Waals surface area contributed by atoms with Gasteiger partial charge < -0.3 is 14.6 Å². The Morgan fingerprint density at radius 2 is 2.04 bits per heavy atom. The van der Waals surface area contributed by atoms with Crippen LogP contribution in [0, 0.1) is 0 Å². The summed E-state index contributed by atoms with van der Waals surface area (Å²) in [6.45, 7) is 8.62. The Hall–Kier alpha value is -1.55. The highest BCUT2D eigenvalue weighted by Gasteiger charge is 2.23. The molecule has 0 atom stereocenters. The molecule has 0 unspecified atom stereocenters. The Labute approximate surface area is 139 Å². The van der Waals surface area contributed by atoms with Gasteiger partial charge in [0.25, 0.3) is 0 Å². The van der Waals surface area contributed by atoms with E-state index in [1.807, 2.05) is 13.0 Å². The van der Waals surface area contributed by atoms with Gasteiger partial charge in [0.05, 0.1) is 17.6 Å². The minimum Gasteiger partial charge on any atom is -0.478 e. The second-order valence-corrected chi connectivity index (χ2v) is 6.55. The molecular formula is C19H29N3O. The van der Waals surface area contributed by atoms with Crippen LogP contribution in [0.2, 0.25) is 0 Å². The molecule has 2 aromatic heterocycles. The predicted molar refractivity (Wildman–Crippen MR) is 95.2 cm³/mol. The highest BCUT2D eigenvalue weighted by molar-refractivity contribution is 5.80. The predicted octanol–water partition coefficient (Wildman–Crippen LogP) is 4.33. The number of unbranched alkanes of at least 4 members (excludes halogenated alkanes) is 2. The smallest absolute Gasteiger partial charge is 0.213 e. The third-order valence-electron chi connectivity index (χ3n) is 4.92. The number of nitrogens with one attached hydrogen (secondary N) is 1. The van der Waals surface area contributed by atoms with Gasteiger partial charge in [-0.3, -0.25) is 0 Å². The van der Waals surface area contributed by atoms with Crippen molar-refractivity contribution in [3.63, 3.8) is 0 Å². The van der Waals surface area contributed by atoms with Gasteiger partial charge in [0.1, 0.15) is 0 Å². The second-order valence-electron chi connectivity index (χ2n) is 6.55. The van der Waals surface area contributed by atoms with E-state index in [0.29, 0.717) is 12.5 Å². The molecule has 1 aliphatic heterocycles. The molecule has 0 aromatic carbocycles. The third kappa shape index (κ3) is 3.86. The topological polar surface area (TPSA) is 41.2 Å². The summed E-state index contributed by atoms with van der Waals surface area (Å²) >= 11 is 0. The summed E-state index contributed by atoms with van der Waals surface area (Å²) in [6.07, 6.45) is 8.63. The van der Waals surface area contributed by atoms with Crippen LogP contribution in [-0.2, 0) is 0 Å². The van der Waals surface area contributed by atoms with Crippen molar-refractivity contribution in [3.05, 3.63) is 23.9 Å². The molecule has 0 amide bonds. The van der Waals surface area contributed by atoms with Crippen molar-refractivity contribution in [2.24, 2.45) is 0 Å². The van der Waals surface area contributed by atoms with Crippen LogP contribution in [0.4, 0.5) is 0 Å². The van der Waals surface area contributed by atoms with E-state index < -0.39 is 0 Å². The maximum atomic E-state index is 5.56. The largest absolute Gasteiger partial charge is 0.478 e. The van der Waals surface area contributed by atoms with Crippen LogP contribution in [-0.4, -0.2) is 41.1 Å². The van der Waals surface area contributed by atoms with Crippen LogP contribution in [0.5, 0.6) is 5.88 Å². The Morgan fingerprint density at radius 3 is 2.78 bits per heavy atom. The number of hydrogen-bond acceptors (Lipinski definition) is 3. The fourth-order valence-corrected chi connectivity index (χ4v) is 3.59. The molecule has 2 aromatic rings. The summed E-state index contributed by atoms with van der Waals surface area (Å²) in [7, 11) is 0. The Balaban J connectivity index is 1.66. The molecule has 3 rings (SSSR count). The van der Waals surface area contributed by atoms with E-state index in [9.17, 15) is 0 Å². The Bertz CT molecular complexity index is 614. The quantitative estimate of drug-likeness (QED) is 0.773. The average molecular weight is 315 g/mol.